The van der Waals surface area contributed by atoms with Crippen LogP contribution in [-0.4, -0.2) is 39.4 Å². The maximum Gasteiger partial charge on any atom is 0.0587 e. The maximum absolute atomic E-state index is 4.92. The lowest BCUT2D eigenvalue weighted by Gasteiger charge is -2.09. The van der Waals surface area contributed by atoms with Gasteiger partial charge in [0.15, 0.2) is 0 Å². The third kappa shape index (κ3) is 2.64. The Morgan fingerprint density at radius 2 is 2.60 bits per heavy atom. The molecular weight excluding hydrogens is 128 g/mol. The van der Waals surface area contributed by atoms with E-state index in [1.165, 1.54) is 6.42 Å². The quantitative estimate of drug-likeness (QED) is 0.526. The summed E-state index contributed by atoms with van der Waals surface area (Å²) >= 11 is 0. The minimum Gasteiger partial charge on any atom is -0.383 e. The Kier molecular flexibility index (Phi) is 3.72. The van der Waals surface area contributed by atoms with Crippen LogP contribution in [0.3, 0.4) is 0 Å². The van der Waals surface area contributed by atoms with Crippen LogP contribution in [-0.2, 0) is 4.74 Å². The van der Waals surface area contributed by atoms with Crippen LogP contribution in [0.4, 0.5) is 0 Å². The fourth-order valence-electron chi connectivity index (χ4n) is 1.19. The van der Waals surface area contributed by atoms with Gasteiger partial charge in [0.05, 0.1) is 6.61 Å². The van der Waals surface area contributed by atoms with Gasteiger partial charge in [0, 0.05) is 26.2 Å². The molecule has 3 nitrogen and oxygen atoms in total. The lowest BCUT2D eigenvalue weighted by molar-refractivity contribution is 0.196. The monoisotopic (exact) mass is 144 g/mol. The zero-order valence-corrected chi connectivity index (χ0v) is 6.52. The predicted molar refractivity (Wildman–Crippen MR) is 41.2 cm³/mol. The number of ether oxygens (including phenoxy) is 1. The lowest BCUT2D eigenvalue weighted by atomic mass is 10.3. The van der Waals surface area contributed by atoms with E-state index in [4.69, 9.17) is 4.74 Å². The first kappa shape index (κ1) is 7.98. The van der Waals surface area contributed by atoms with Crippen molar-refractivity contribution in [3.05, 3.63) is 0 Å². The summed E-state index contributed by atoms with van der Waals surface area (Å²) in [7, 11) is 1.73. The second kappa shape index (κ2) is 4.66. The van der Waals surface area contributed by atoms with Gasteiger partial charge in [-0.25, -0.2) is 0 Å². The van der Waals surface area contributed by atoms with Crippen LogP contribution in [0.25, 0.3) is 0 Å². The van der Waals surface area contributed by atoms with Crippen LogP contribution in [0.5, 0.6) is 0 Å². The molecule has 10 heavy (non-hydrogen) atoms. The van der Waals surface area contributed by atoms with Gasteiger partial charge in [-0.1, -0.05) is 0 Å². The highest BCUT2D eigenvalue weighted by Gasteiger charge is 2.11. The van der Waals surface area contributed by atoms with Crippen molar-refractivity contribution in [1.29, 1.82) is 0 Å². The van der Waals surface area contributed by atoms with Crippen molar-refractivity contribution in [3.63, 3.8) is 0 Å². The van der Waals surface area contributed by atoms with Crippen molar-refractivity contribution in [1.82, 2.24) is 10.6 Å². The highest BCUT2D eigenvalue weighted by molar-refractivity contribution is 4.76. The number of hydrogen-bond donors (Lipinski definition) is 2. The summed E-state index contributed by atoms with van der Waals surface area (Å²) in [4.78, 5) is 0. The highest BCUT2D eigenvalue weighted by atomic mass is 16.5. The zero-order chi connectivity index (χ0) is 7.23. The summed E-state index contributed by atoms with van der Waals surface area (Å²) in [6, 6.07) is 0.676. The van der Waals surface area contributed by atoms with Crippen LogP contribution < -0.4 is 10.6 Å². The van der Waals surface area contributed by atoms with E-state index in [1.54, 1.807) is 7.11 Å². The molecule has 0 aliphatic carbocycles. The number of hydrogen-bond acceptors (Lipinski definition) is 3. The molecule has 1 saturated heterocycles. The van der Waals surface area contributed by atoms with Gasteiger partial charge in [-0.05, 0) is 13.0 Å². The molecule has 0 radical (unpaired) electrons. The first-order chi connectivity index (χ1) is 4.93. The molecule has 0 saturated carbocycles. The molecule has 0 spiro atoms. The molecule has 0 bridgehead atoms. The van der Waals surface area contributed by atoms with Crippen LogP contribution >= 0.6 is 0 Å². The molecule has 1 atom stereocenters. The third-order valence-electron chi connectivity index (χ3n) is 1.80. The highest BCUT2D eigenvalue weighted by Crippen LogP contribution is 1.95. The zero-order valence-electron chi connectivity index (χ0n) is 6.52. The number of nitrogens with one attached hydrogen (secondary N) is 2. The maximum atomic E-state index is 4.92. The Morgan fingerprint density at radius 3 is 3.20 bits per heavy atom. The van der Waals surface area contributed by atoms with E-state index in [9.17, 15) is 0 Å². The Labute approximate surface area is 62.1 Å². The molecule has 1 aliphatic heterocycles. The van der Waals surface area contributed by atoms with Crippen molar-refractivity contribution in [2.75, 3.05) is 33.4 Å². The Morgan fingerprint density at radius 1 is 1.70 bits per heavy atom. The number of methoxy groups -OCH3 is 1. The smallest absolute Gasteiger partial charge is 0.0587 e. The SMILES string of the molecule is COCCN[C@@H]1CCNC1. The molecule has 1 rings (SSSR count). The molecule has 1 heterocycles. The first-order valence-corrected chi connectivity index (χ1v) is 3.86. The van der Waals surface area contributed by atoms with Gasteiger partial charge in [0.25, 0.3) is 0 Å². The van der Waals surface area contributed by atoms with E-state index < -0.39 is 0 Å². The third-order valence-corrected chi connectivity index (χ3v) is 1.80. The summed E-state index contributed by atoms with van der Waals surface area (Å²) in [5.41, 5.74) is 0. The summed E-state index contributed by atoms with van der Waals surface area (Å²) in [6.07, 6.45) is 1.25. The molecule has 60 valence electrons. The minimum atomic E-state index is 0.676. The van der Waals surface area contributed by atoms with Gasteiger partial charge >= 0.3 is 0 Å². The van der Waals surface area contributed by atoms with E-state index >= 15 is 0 Å². The van der Waals surface area contributed by atoms with Gasteiger partial charge in [0.1, 0.15) is 0 Å². The van der Waals surface area contributed by atoms with Crippen molar-refractivity contribution < 1.29 is 4.74 Å². The van der Waals surface area contributed by atoms with Crippen LogP contribution in [0.15, 0.2) is 0 Å². The molecule has 0 unspecified atom stereocenters. The molecule has 1 aliphatic rings. The summed E-state index contributed by atoms with van der Waals surface area (Å²) in [5, 5.41) is 6.69. The molecule has 1 fully saturated rings. The minimum absolute atomic E-state index is 0.676. The van der Waals surface area contributed by atoms with E-state index in [2.05, 4.69) is 10.6 Å². The van der Waals surface area contributed by atoms with Crippen molar-refractivity contribution in [2.24, 2.45) is 0 Å². The van der Waals surface area contributed by atoms with Crippen molar-refractivity contribution in [2.45, 2.75) is 12.5 Å². The van der Waals surface area contributed by atoms with Gasteiger partial charge in [-0.2, -0.15) is 0 Å². The fourth-order valence-corrected chi connectivity index (χ4v) is 1.19. The molecule has 2 N–H and O–H groups in total. The summed E-state index contributed by atoms with van der Waals surface area (Å²) < 4.78 is 4.92. The van der Waals surface area contributed by atoms with Gasteiger partial charge in [-0.3, -0.25) is 0 Å². The fraction of sp³-hybridized carbons (Fsp3) is 1.00. The average molecular weight is 144 g/mol. The van der Waals surface area contributed by atoms with E-state index in [0.717, 1.165) is 26.2 Å². The second-order valence-electron chi connectivity index (χ2n) is 2.64. The van der Waals surface area contributed by atoms with Crippen LogP contribution in [0.2, 0.25) is 0 Å². The second-order valence-corrected chi connectivity index (χ2v) is 2.64. The Hall–Kier alpha value is -0.120. The van der Waals surface area contributed by atoms with E-state index in [0.29, 0.717) is 6.04 Å². The summed E-state index contributed by atoms with van der Waals surface area (Å²) in [6.45, 7) is 4.06. The predicted octanol–water partition coefficient (Wildman–Crippen LogP) is -0.416. The average Bonchev–Trinajstić information content (AvgIpc) is 2.41. The first-order valence-electron chi connectivity index (χ1n) is 3.86. The number of rotatable bonds is 4. The van der Waals surface area contributed by atoms with Crippen molar-refractivity contribution >= 4 is 0 Å². The van der Waals surface area contributed by atoms with Crippen molar-refractivity contribution in [3.8, 4) is 0 Å². The van der Waals surface area contributed by atoms with Gasteiger partial charge < -0.3 is 15.4 Å². The molecule has 0 aromatic carbocycles. The van der Waals surface area contributed by atoms with E-state index in [1.807, 2.05) is 0 Å². The molecule has 0 aromatic heterocycles. The molecule has 0 aromatic rings. The standard InChI is InChI=1S/C7H16N2O/c1-10-5-4-9-7-2-3-8-6-7/h7-9H,2-6H2,1H3/t7-/m1/s1. The molecule has 0 amide bonds. The van der Waals surface area contributed by atoms with E-state index in [-0.39, 0.29) is 0 Å². The lowest BCUT2D eigenvalue weighted by Crippen LogP contribution is -2.33. The van der Waals surface area contributed by atoms with Gasteiger partial charge in [-0.15, -0.1) is 0 Å². The normalized spacial score (nSPS) is 25.5. The topological polar surface area (TPSA) is 33.3 Å². The summed E-state index contributed by atoms with van der Waals surface area (Å²) in [5.74, 6) is 0. The molecular formula is C7H16N2O. The van der Waals surface area contributed by atoms with Crippen LogP contribution in [0, 0.1) is 0 Å². The molecule has 3 heteroatoms. The van der Waals surface area contributed by atoms with Gasteiger partial charge in [0.2, 0.25) is 0 Å². The largest absolute Gasteiger partial charge is 0.383 e. The Bertz CT molecular complexity index is 81.7. The Balaban J connectivity index is 1.91. The van der Waals surface area contributed by atoms with Crippen LogP contribution in [0.1, 0.15) is 6.42 Å².